The number of fused-ring (bicyclic) bond motifs is 1. The molecule has 1 aromatic heterocycles. The molecule has 0 saturated carbocycles. The van der Waals surface area contributed by atoms with Gasteiger partial charge in [-0.2, -0.15) is 5.26 Å². The molecule has 1 unspecified atom stereocenters. The summed E-state index contributed by atoms with van der Waals surface area (Å²) in [5.41, 5.74) is 3.18. The van der Waals surface area contributed by atoms with Gasteiger partial charge >= 0.3 is 6.09 Å². The lowest BCUT2D eigenvalue weighted by Gasteiger charge is -2.28. The molecule has 2 aromatic carbocycles. The van der Waals surface area contributed by atoms with Gasteiger partial charge in [0.25, 0.3) is 0 Å². The van der Waals surface area contributed by atoms with E-state index >= 15 is 0 Å². The molecule has 7 heteroatoms. The standard InChI is InChI=1S/C25H29N5O2/c1-25(2,3)32-24(31)29-14-6-7-20(29)16-27-23-28-21-8-4-5-9-22(21)30(23)17-19-12-10-18(15-26)11-13-19/h4-5,8-13,20H,6-7,14,16-17H2,1-3H3,(H,27,28). The number of likely N-dealkylation sites (tertiary alicyclic amines) is 1. The zero-order valence-electron chi connectivity index (χ0n) is 18.8. The molecule has 1 aliphatic heterocycles. The molecule has 2 heterocycles. The van der Waals surface area contributed by atoms with Gasteiger partial charge in [0.1, 0.15) is 5.60 Å². The summed E-state index contributed by atoms with van der Waals surface area (Å²) >= 11 is 0. The van der Waals surface area contributed by atoms with Gasteiger partial charge in [0, 0.05) is 13.1 Å². The predicted octanol–water partition coefficient (Wildman–Crippen LogP) is 4.77. The molecule has 1 amide bonds. The maximum atomic E-state index is 12.6. The van der Waals surface area contributed by atoms with Crippen LogP contribution in [0.1, 0.15) is 44.7 Å². The molecule has 0 aliphatic carbocycles. The summed E-state index contributed by atoms with van der Waals surface area (Å²) in [6.07, 6.45) is 1.64. The highest BCUT2D eigenvalue weighted by Gasteiger charge is 2.32. The number of hydrogen-bond donors (Lipinski definition) is 1. The zero-order valence-corrected chi connectivity index (χ0v) is 18.8. The summed E-state index contributed by atoms with van der Waals surface area (Å²) < 4.78 is 7.73. The van der Waals surface area contributed by atoms with Crippen LogP contribution in [0.3, 0.4) is 0 Å². The minimum atomic E-state index is -0.507. The first-order chi connectivity index (χ1) is 15.3. The first-order valence-corrected chi connectivity index (χ1v) is 11.0. The molecule has 4 rings (SSSR count). The molecule has 32 heavy (non-hydrogen) atoms. The number of benzene rings is 2. The molecule has 7 nitrogen and oxygen atoms in total. The molecule has 166 valence electrons. The molecule has 1 N–H and O–H groups in total. The van der Waals surface area contributed by atoms with Crippen LogP contribution in [0.25, 0.3) is 11.0 Å². The number of nitrogens with zero attached hydrogens (tertiary/aromatic N) is 4. The minimum Gasteiger partial charge on any atom is -0.444 e. The van der Waals surface area contributed by atoms with Crippen LogP contribution in [0.5, 0.6) is 0 Å². The number of amides is 1. The second-order valence-electron chi connectivity index (χ2n) is 9.17. The Hall–Kier alpha value is -3.53. The number of imidazole rings is 1. The molecule has 0 bridgehead atoms. The highest BCUT2D eigenvalue weighted by molar-refractivity contribution is 5.78. The Morgan fingerprint density at radius 2 is 1.97 bits per heavy atom. The van der Waals surface area contributed by atoms with Crippen molar-refractivity contribution in [1.82, 2.24) is 14.5 Å². The minimum absolute atomic E-state index is 0.0630. The van der Waals surface area contributed by atoms with Crippen LogP contribution < -0.4 is 5.32 Å². The molecule has 0 radical (unpaired) electrons. The van der Waals surface area contributed by atoms with Crippen LogP contribution in [0.2, 0.25) is 0 Å². The average molecular weight is 432 g/mol. The van der Waals surface area contributed by atoms with E-state index in [0.29, 0.717) is 25.2 Å². The second kappa shape index (κ2) is 8.91. The number of carbonyl (C=O) groups excluding carboxylic acids is 1. The number of nitriles is 1. The van der Waals surface area contributed by atoms with Gasteiger partial charge in [0.2, 0.25) is 5.95 Å². The van der Waals surface area contributed by atoms with E-state index in [1.165, 1.54) is 0 Å². The summed E-state index contributed by atoms with van der Waals surface area (Å²) in [6.45, 7) is 7.62. The number of aromatic nitrogens is 2. The lowest BCUT2D eigenvalue weighted by molar-refractivity contribution is 0.0235. The van der Waals surface area contributed by atoms with Crippen LogP contribution in [0, 0.1) is 11.3 Å². The number of anilines is 1. The molecular weight excluding hydrogens is 402 g/mol. The normalized spacial score (nSPS) is 16.2. The van der Waals surface area contributed by atoms with E-state index in [2.05, 4.69) is 22.0 Å². The lowest BCUT2D eigenvalue weighted by atomic mass is 10.1. The van der Waals surface area contributed by atoms with Crippen molar-refractivity contribution in [3.63, 3.8) is 0 Å². The van der Waals surface area contributed by atoms with Crippen molar-refractivity contribution in [3.05, 3.63) is 59.7 Å². The van der Waals surface area contributed by atoms with Crippen molar-refractivity contribution >= 4 is 23.1 Å². The SMILES string of the molecule is CC(C)(C)OC(=O)N1CCCC1CNc1nc2ccccc2n1Cc1ccc(C#N)cc1. The van der Waals surface area contributed by atoms with Gasteiger partial charge in [-0.15, -0.1) is 0 Å². The highest BCUT2D eigenvalue weighted by atomic mass is 16.6. The van der Waals surface area contributed by atoms with E-state index in [-0.39, 0.29) is 12.1 Å². The summed E-state index contributed by atoms with van der Waals surface area (Å²) in [5.74, 6) is 0.770. The van der Waals surface area contributed by atoms with Gasteiger partial charge in [-0.05, 0) is 63.4 Å². The van der Waals surface area contributed by atoms with Crippen molar-refractivity contribution in [2.45, 2.75) is 51.8 Å². The van der Waals surface area contributed by atoms with E-state index in [1.807, 2.05) is 68.1 Å². The van der Waals surface area contributed by atoms with Crippen LogP contribution in [-0.2, 0) is 11.3 Å². The van der Waals surface area contributed by atoms with Crippen LogP contribution in [0.4, 0.5) is 10.7 Å². The van der Waals surface area contributed by atoms with Crippen molar-refractivity contribution in [3.8, 4) is 6.07 Å². The summed E-state index contributed by atoms with van der Waals surface area (Å²) in [5, 5.41) is 12.5. The number of rotatable bonds is 5. The Morgan fingerprint density at radius 3 is 2.69 bits per heavy atom. The third-order valence-electron chi connectivity index (χ3n) is 5.58. The first-order valence-electron chi connectivity index (χ1n) is 11.0. The second-order valence-corrected chi connectivity index (χ2v) is 9.17. The monoisotopic (exact) mass is 431 g/mol. The van der Waals surface area contributed by atoms with E-state index in [1.54, 1.807) is 0 Å². The topological polar surface area (TPSA) is 83.2 Å². The molecule has 1 fully saturated rings. The Labute approximate surface area is 188 Å². The first kappa shape index (κ1) is 21.7. The number of carbonyl (C=O) groups is 1. The van der Waals surface area contributed by atoms with E-state index < -0.39 is 5.60 Å². The Balaban J connectivity index is 1.53. The summed E-state index contributed by atoms with van der Waals surface area (Å²) in [7, 11) is 0. The quantitative estimate of drug-likeness (QED) is 0.629. The van der Waals surface area contributed by atoms with Crippen molar-refractivity contribution < 1.29 is 9.53 Å². The van der Waals surface area contributed by atoms with Gasteiger partial charge in [-0.3, -0.25) is 0 Å². The van der Waals surface area contributed by atoms with E-state index in [0.717, 1.165) is 35.4 Å². The number of para-hydroxylation sites is 2. The van der Waals surface area contributed by atoms with Gasteiger partial charge in [0.15, 0.2) is 0 Å². The fourth-order valence-corrected chi connectivity index (χ4v) is 4.06. The maximum Gasteiger partial charge on any atom is 0.410 e. The fourth-order valence-electron chi connectivity index (χ4n) is 4.06. The molecule has 1 aliphatic rings. The van der Waals surface area contributed by atoms with Gasteiger partial charge < -0.3 is 19.5 Å². The number of nitrogens with one attached hydrogen (secondary N) is 1. The highest BCUT2D eigenvalue weighted by Crippen LogP contribution is 2.24. The summed E-state index contributed by atoms with van der Waals surface area (Å²) in [4.78, 5) is 19.2. The van der Waals surface area contributed by atoms with Gasteiger partial charge in [-0.25, -0.2) is 9.78 Å². The fraction of sp³-hybridized carbons (Fsp3) is 0.400. The van der Waals surface area contributed by atoms with Crippen LogP contribution >= 0.6 is 0 Å². The molecule has 3 aromatic rings. The maximum absolute atomic E-state index is 12.6. The largest absolute Gasteiger partial charge is 0.444 e. The third-order valence-corrected chi connectivity index (χ3v) is 5.58. The summed E-state index contributed by atoms with van der Waals surface area (Å²) in [6, 6.07) is 17.9. The number of hydrogen-bond acceptors (Lipinski definition) is 5. The van der Waals surface area contributed by atoms with Gasteiger partial charge in [0.05, 0.1) is 35.3 Å². The molecule has 1 atom stereocenters. The molecular formula is C25H29N5O2. The Bertz CT molecular complexity index is 1140. The van der Waals surface area contributed by atoms with Crippen molar-refractivity contribution in [2.75, 3.05) is 18.4 Å². The lowest BCUT2D eigenvalue weighted by Crippen LogP contribution is -2.42. The van der Waals surface area contributed by atoms with Gasteiger partial charge in [-0.1, -0.05) is 24.3 Å². The van der Waals surface area contributed by atoms with Crippen LogP contribution in [0.15, 0.2) is 48.5 Å². The molecule has 0 spiro atoms. The number of ether oxygens (including phenoxy) is 1. The zero-order chi connectivity index (χ0) is 22.7. The van der Waals surface area contributed by atoms with Crippen molar-refractivity contribution in [1.29, 1.82) is 5.26 Å². The van der Waals surface area contributed by atoms with Crippen molar-refractivity contribution in [2.24, 2.45) is 0 Å². The average Bonchev–Trinajstić information content (AvgIpc) is 3.36. The smallest absolute Gasteiger partial charge is 0.410 e. The Kier molecular flexibility index (Phi) is 6.04. The van der Waals surface area contributed by atoms with E-state index in [9.17, 15) is 4.79 Å². The molecule has 1 saturated heterocycles. The predicted molar refractivity (Wildman–Crippen MR) is 124 cm³/mol. The third kappa shape index (κ3) is 4.86. The van der Waals surface area contributed by atoms with E-state index in [4.69, 9.17) is 15.0 Å². The Morgan fingerprint density at radius 1 is 1.22 bits per heavy atom. The van der Waals surface area contributed by atoms with Crippen LogP contribution in [-0.4, -0.2) is 45.3 Å².